The maximum atomic E-state index is 6.18. The van der Waals surface area contributed by atoms with E-state index in [0.29, 0.717) is 5.41 Å². The Morgan fingerprint density at radius 3 is 2.75 bits per heavy atom. The van der Waals surface area contributed by atoms with Crippen LogP contribution in [0.15, 0.2) is 18.2 Å². The molecule has 0 saturated heterocycles. The van der Waals surface area contributed by atoms with Crippen LogP contribution in [0.25, 0.3) is 0 Å². The molecule has 0 aliphatic heterocycles. The molecule has 2 aliphatic carbocycles. The Labute approximate surface area is 126 Å². The second kappa shape index (κ2) is 5.57. The van der Waals surface area contributed by atoms with Gasteiger partial charge in [0.25, 0.3) is 0 Å². The Morgan fingerprint density at radius 2 is 2.10 bits per heavy atom. The maximum Gasteiger partial charge on any atom is 0.122 e. The van der Waals surface area contributed by atoms with Crippen molar-refractivity contribution in [1.82, 2.24) is 5.32 Å². The van der Waals surface area contributed by atoms with Crippen molar-refractivity contribution in [3.05, 3.63) is 28.8 Å². The summed E-state index contributed by atoms with van der Waals surface area (Å²) in [6, 6.07) is 5.99. The van der Waals surface area contributed by atoms with Gasteiger partial charge >= 0.3 is 0 Å². The highest BCUT2D eigenvalue weighted by atomic mass is 35.5. The number of nitrogens with one attached hydrogen (secondary N) is 1. The van der Waals surface area contributed by atoms with E-state index in [2.05, 4.69) is 18.3 Å². The Hall–Kier alpha value is -0.730. The fourth-order valence-corrected chi connectivity index (χ4v) is 4.23. The summed E-state index contributed by atoms with van der Waals surface area (Å²) in [6.07, 6.45) is 5.26. The standard InChI is InChI=1S/C17H24ClNO/c1-3-19-11-17(8-12-6-13(12)9-17)10-14-7-15(18)4-5-16(14)20-2/h4-5,7,12-13,19H,3,6,8-11H2,1-2H3. The van der Waals surface area contributed by atoms with Gasteiger partial charge in [0.05, 0.1) is 7.11 Å². The topological polar surface area (TPSA) is 21.3 Å². The molecule has 20 heavy (non-hydrogen) atoms. The summed E-state index contributed by atoms with van der Waals surface area (Å²) >= 11 is 6.18. The molecular formula is C17H24ClNO. The van der Waals surface area contributed by atoms with E-state index < -0.39 is 0 Å². The highest BCUT2D eigenvalue weighted by molar-refractivity contribution is 6.30. The molecule has 1 aromatic rings. The average Bonchev–Trinajstić information content (AvgIpc) is 3.05. The molecule has 0 bridgehead atoms. The van der Waals surface area contributed by atoms with E-state index in [0.717, 1.165) is 42.1 Å². The van der Waals surface area contributed by atoms with Gasteiger partial charge in [0.2, 0.25) is 0 Å². The van der Waals surface area contributed by atoms with Crippen LogP contribution in [0.2, 0.25) is 5.02 Å². The van der Waals surface area contributed by atoms with Crippen LogP contribution in [-0.2, 0) is 6.42 Å². The van der Waals surface area contributed by atoms with E-state index in [4.69, 9.17) is 16.3 Å². The van der Waals surface area contributed by atoms with Crippen molar-refractivity contribution in [1.29, 1.82) is 0 Å². The molecule has 2 fully saturated rings. The number of methoxy groups -OCH3 is 1. The fourth-order valence-electron chi connectivity index (χ4n) is 4.04. The first kappa shape index (κ1) is 14.2. The van der Waals surface area contributed by atoms with Crippen molar-refractivity contribution in [2.75, 3.05) is 20.2 Å². The van der Waals surface area contributed by atoms with E-state index >= 15 is 0 Å². The SMILES string of the molecule is CCNCC1(Cc2cc(Cl)ccc2OC)CC2CC2C1. The molecule has 0 radical (unpaired) electrons. The van der Waals surface area contributed by atoms with Gasteiger partial charge in [-0.3, -0.25) is 0 Å². The summed E-state index contributed by atoms with van der Waals surface area (Å²) in [7, 11) is 1.75. The number of ether oxygens (including phenoxy) is 1. The first-order chi connectivity index (χ1) is 9.65. The highest BCUT2D eigenvalue weighted by Gasteiger charge is 2.53. The van der Waals surface area contributed by atoms with Crippen molar-refractivity contribution in [3.63, 3.8) is 0 Å². The third kappa shape index (κ3) is 2.82. The summed E-state index contributed by atoms with van der Waals surface area (Å²) in [4.78, 5) is 0. The molecule has 110 valence electrons. The lowest BCUT2D eigenvalue weighted by Crippen LogP contribution is -2.35. The van der Waals surface area contributed by atoms with E-state index in [1.54, 1.807) is 7.11 Å². The van der Waals surface area contributed by atoms with E-state index in [9.17, 15) is 0 Å². The largest absolute Gasteiger partial charge is 0.496 e. The van der Waals surface area contributed by atoms with E-state index in [1.807, 2.05) is 12.1 Å². The van der Waals surface area contributed by atoms with Crippen LogP contribution in [0.3, 0.4) is 0 Å². The quantitative estimate of drug-likeness (QED) is 0.858. The molecule has 2 nitrogen and oxygen atoms in total. The number of hydrogen-bond acceptors (Lipinski definition) is 2. The zero-order chi connectivity index (χ0) is 14.2. The minimum atomic E-state index is 0.404. The maximum absolute atomic E-state index is 6.18. The summed E-state index contributed by atoms with van der Waals surface area (Å²) in [5.41, 5.74) is 1.67. The van der Waals surface area contributed by atoms with Crippen molar-refractivity contribution in [2.45, 2.75) is 32.6 Å². The van der Waals surface area contributed by atoms with Gasteiger partial charge in [-0.1, -0.05) is 18.5 Å². The van der Waals surface area contributed by atoms with Gasteiger partial charge in [-0.15, -0.1) is 0 Å². The van der Waals surface area contributed by atoms with Gasteiger partial charge in [-0.25, -0.2) is 0 Å². The Morgan fingerprint density at radius 1 is 1.35 bits per heavy atom. The van der Waals surface area contributed by atoms with Crippen molar-refractivity contribution in [2.24, 2.45) is 17.3 Å². The monoisotopic (exact) mass is 293 g/mol. The lowest BCUT2D eigenvalue weighted by molar-refractivity contribution is 0.247. The minimum absolute atomic E-state index is 0.404. The Bertz CT molecular complexity index is 478. The van der Waals surface area contributed by atoms with Gasteiger partial charge < -0.3 is 10.1 Å². The predicted molar refractivity (Wildman–Crippen MR) is 83.5 cm³/mol. The summed E-state index contributed by atoms with van der Waals surface area (Å²) < 4.78 is 5.52. The molecular weight excluding hydrogens is 270 g/mol. The molecule has 3 heteroatoms. The third-order valence-corrected chi connectivity index (χ3v) is 5.25. The second-order valence-corrected chi connectivity index (χ2v) is 7.01. The number of benzene rings is 1. The smallest absolute Gasteiger partial charge is 0.122 e. The predicted octanol–water partition coefficient (Wildman–Crippen LogP) is 3.92. The lowest BCUT2D eigenvalue weighted by atomic mass is 9.77. The Balaban J connectivity index is 1.81. The summed E-state index contributed by atoms with van der Waals surface area (Å²) in [5, 5.41) is 4.38. The van der Waals surface area contributed by atoms with Gasteiger partial charge in [0.1, 0.15) is 5.75 Å². The molecule has 2 unspecified atom stereocenters. The van der Waals surface area contributed by atoms with Crippen LogP contribution in [0.1, 0.15) is 31.7 Å². The molecule has 1 N–H and O–H groups in total. The van der Waals surface area contributed by atoms with Gasteiger partial charge in [-0.05, 0) is 73.2 Å². The average molecular weight is 294 g/mol. The van der Waals surface area contributed by atoms with Crippen molar-refractivity contribution < 1.29 is 4.74 Å². The zero-order valence-electron chi connectivity index (χ0n) is 12.4. The molecule has 1 aromatic carbocycles. The second-order valence-electron chi connectivity index (χ2n) is 6.58. The van der Waals surface area contributed by atoms with Crippen molar-refractivity contribution in [3.8, 4) is 5.75 Å². The van der Waals surface area contributed by atoms with E-state index in [-0.39, 0.29) is 0 Å². The summed E-state index contributed by atoms with van der Waals surface area (Å²) in [6.45, 7) is 4.35. The van der Waals surface area contributed by atoms with Gasteiger partial charge in [0.15, 0.2) is 0 Å². The first-order valence-electron chi connectivity index (χ1n) is 7.69. The van der Waals surface area contributed by atoms with Crippen molar-refractivity contribution >= 4 is 11.6 Å². The van der Waals surface area contributed by atoms with Gasteiger partial charge in [-0.2, -0.15) is 0 Å². The van der Waals surface area contributed by atoms with Crippen LogP contribution >= 0.6 is 11.6 Å². The third-order valence-electron chi connectivity index (χ3n) is 5.02. The normalized spacial score (nSPS) is 31.1. The summed E-state index contributed by atoms with van der Waals surface area (Å²) in [5.74, 6) is 2.95. The Kier molecular flexibility index (Phi) is 3.96. The molecule has 2 atom stereocenters. The number of halogens is 1. The van der Waals surface area contributed by atoms with Crippen LogP contribution in [-0.4, -0.2) is 20.2 Å². The highest BCUT2D eigenvalue weighted by Crippen LogP contribution is 2.60. The fraction of sp³-hybridized carbons (Fsp3) is 0.647. The lowest BCUT2D eigenvalue weighted by Gasteiger charge is -2.32. The van der Waals surface area contributed by atoms with Crippen LogP contribution < -0.4 is 10.1 Å². The van der Waals surface area contributed by atoms with Crippen LogP contribution in [0.5, 0.6) is 5.75 Å². The van der Waals surface area contributed by atoms with Crippen LogP contribution in [0.4, 0.5) is 0 Å². The molecule has 0 aromatic heterocycles. The molecule has 0 amide bonds. The minimum Gasteiger partial charge on any atom is -0.496 e. The molecule has 0 heterocycles. The molecule has 3 rings (SSSR count). The van der Waals surface area contributed by atoms with Crippen LogP contribution in [0, 0.1) is 17.3 Å². The molecule has 2 aliphatic rings. The molecule has 0 spiro atoms. The number of rotatable bonds is 6. The number of hydrogen-bond donors (Lipinski definition) is 1. The number of fused-ring (bicyclic) bond motifs is 1. The van der Waals surface area contributed by atoms with E-state index in [1.165, 1.54) is 24.8 Å². The zero-order valence-corrected chi connectivity index (χ0v) is 13.2. The molecule has 2 saturated carbocycles. The first-order valence-corrected chi connectivity index (χ1v) is 8.07. The van der Waals surface area contributed by atoms with Gasteiger partial charge in [0, 0.05) is 11.6 Å².